The zero-order valence-corrected chi connectivity index (χ0v) is 14.2. The average molecular weight is 331 g/mol. The van der Waals surface area contributed by atoms with Crippen LogP contribution in [0.15, 0.2) is 24.3 Å². The number of carbonyl (C=O) groups is 2. The molecule has 0 spiro atoms. The second kappa shape index (κ2) is 7.66. The normalized spacial score (nSPS) is 21.7. The number of amides is 3. The molecule has 3 rings (SSSR count). The van der Waals surface area contributed by atoms with E-state index in [-0.39, 0.29) is 18.0 Å². The molecule has 0 radical (unpaired) electrons. The molecule has 1 aromatic carbocycles. The Morgan fingerprint density at radius 2 is 2.00 bits per heavy atom. The molecule has 1 aromatic rings. The van der Waals surface area contributed by atoms with Crippen molar-refractivity contribution in [3.8, 4) is 0 Å². The van der Waals surface area contributed by atoms with Gasteiger partial charge in [-0.15, -0.1) is 0 Å². The van der Waals surface area contributed by atoms with Crippen LogP contribution in [-0.4, -0.2) is 49.7 Å². The Morgan fingerprint density at radius 1 is 1.17 bits per heavy atom. The van der Waals surface area contributed by atoms with E-state index in [0.29, 0.717) is 25.2 Å². The molecular weight excluding hydrogens is 306 g/mol. The molecule has 2 heterocycles. The molecule has 1 N–H and O–H groups in total. The van der Waals surface area contributed by atoms with Crippen LogP contribution in [0.25, 0.3) is 0 Å². The second-order valence-corrected chi connectivity index (χ2v) is 6.37. The van der Waals surface area contributed by atoms with E-state index in [9.17, 15) is 9.59 Å². The Bertz CT molecular complexity index is 605. The number of benzene rings is 1. The summed E-state index contributed by atoms with van der Waals surface area (Å²) in [4.78, 5) is 28.3. The lowest BCUT2D eigenvalue weighted by atomic mass is 10.2. The van der Waals surface area contributed by atoms with Crippen molar-refractivity contribution in [1.82, 2.24) is 4.90 Å². The highest BCUT2D eigenvalue weighted by atomic mass is 16.5. The topological polar surface area (TPSA) is 61.9 Å². The Morgan fingerprint density at radius 3 is 2.75 bits per heavy atom. The fourth-order valence-corrected chi connectivity index (χ4v) is 3.42. The number of anilines is 2. The van der Waals surface area contributed by atoms with Gasteiger partial charge in [0.1, 0.15) is 0 Å². The van der Waals surface area contributed by atoms with Gasteiger partial charge in [-0.1, -0.05) is 12.1 Å². The Kier molecular flexibility index (Phi) is 5.35. The summed E-state index contributed by atoms with van der Waals surface area (Å²) >= 11 is 0. The first-order valence-corrected chi connectivity index (χ1v) is 8.67. The zero-order valence-electron chi connectivity index (χ0n) is 14.2. The van der Waals surface area contributed by atoms with Crippen molar-refractivity contribution >= 4 is 23.3 Å². The molecule has 1 atom stereocenters. The highest BCUT2D eigenvalue weighted by Gasteiger charge is 2.25. The Hall–Kier alpha value is -2.08. The lowest BCUT2D eigenvalue weighted by Crippen LogP contribution is -2.36. The average Bonchev–Trinajstić information content (AvgIpc) is 2.87. The zero-order chi connectivity index (χ0) is 16.9. The molecule has 130 valence electrons. The molecule has 6 heteroatoms. The molecule has 24 heavy (non-hydrogen) atoms. The highest BCUT2D eigenvalue weighted by Crippen LogP contribution is 2.29. The Balaban J connectivity index is 1.69. The summed E-state index contributed by atoms with van der Waals surface area (Å²) in [6.45, 7) is 2.14. The molecule has 1 unspecified atom stereocenters. The van der Waals surface area contributed by atoms with Crippen molar-refractivity contribution in [3.05, 3.63) is 24.3 Å². The van der Waals surface area contributed by atoms with Gasteiger partial charge in [0.25, 0.3) is 0 Å². The summed E-state index contributed by atoms with van der Waals surface area (Å²) in [5, 5.41) is 2.99. The van der Waals surface area contributed by atoms with E-state index < -0.39 is 0 Å². The Labute approximate surface area is 142 Å². The van der Waals surface area contributed by atoms with Crippen LogP contribution in [0.1, 0.15) is 32.1 Å². The SMILES string of the molecule is COC1CCCN(C(=O)Nc2ccccc2N2CCCC2=O)CC1. The smallest absolute Gasteiger partial charge is 0.321 e. The number of para-hydroxylation sites is 2. The molecular formula is C18H25N3O3. The van der Waals surface area contributed by atoms with E-state index in [2.05, 4.69) is 5.32 Å². The minimum absolute atomic E-state index is 0.106. The van der Waals surface area contributed by atoms with Crippen LogP contribution in [0.2, 0.25) is 0 Å². The molecule has 0 aliphatic carbocycles. The monoisotopic (exact) mass is 331 g/mol. The van der Waals surface area contributed by atoms with Gasteiger partial charge in [-0.25, -0.2) is 4.79 Å². The fourth-order valence-electron chi connectivity index (χ4n) is 3.42. The third kappa shape index (κ3) is 3.70. The fraction of sp³-hybridized carbons (Fsp3) is 0.556. The van der Waals surface area contributed by atoms with Crippen LogP contribution in [0.3, 0.4) is 0 Å². The number of urea groups is 1. The number of likely N-dealkylation sites (tertiary alicyclic amines) is 1. The predicted molar refractivity (Wildman–Crippen MR) is 93.3 cm³/mol. The third-order valence-corrected chi connectivity index (χ3v) is 4.81. The van der Waals surface area contributed by atoms with Crippen LogP contribution in [0, 0.1) is 0 Å². The number of nitrogens with zero attached hydrogens (tertiary/aromatic N) is 2. The van der Waals surface area contributed by atoms with Gasteiger partial charge in [-0.05, 0) is 37.8 Å². The van der Waals surface area contributed by atoms with Crippen LogP contribution in [-0.2, 0) is 9.53 Å². The van der Waals surface area contributed by atoms with Gasteiger partial charge in [-0.2, -0.15) is 0 Å². The van der Waals surface area contributed by atoms with Crippen LogP contribution in [0.4, 0.5) is 16.2 Å². The van der Waals surface area contributed by atoms with Crippen molar-refractivity contribution < 1.29 is 14.3 Å². The first kappa shape index (κ1) is 16.8. The van der Waals surface area contributed by atoms with Crippen molar-refractivity contribution in [1.29, 1.82) is 0 Å². The minimum Gasteiger partial charge on any atom is -0.381 e. The van der Waals surface area contributed by atoms with Gasteiger partial charge in [0.15, 0.2) is 0 Å². The third-order valence-electron chi connectivity index (χ3n) is 4.81. The molecule has 2 aliphatic rings. The molecule has 6 nitrogen and oxygen atoms in total. The summed E-state index contributed by atoms with van der Waals surface area (Å²) in [6, 6.07) is 7.41. The van der Waals surface area contributed by atoms with Gasteiger partial charge in [0.2, 0.25) is 5.91 Å². The van der Waals surface area contributed by atoms with Gasteiger partial charge < -0.3 is 19.9 Å². The van der Waals surface area contributed by atoms with E-state index in [1.807, 2.05) is 29.2 Å². The van der Waals surface area contributed by atoms with Gasteiger partial charge in [0, 0.05) is 33.2 Å². The number of hydrogen-bond donors (Lipinski definition) is 1. The molecule has 0 aromatic heterocycles. The molecule has 2 aliphatic heterocycles. The van der Waals surface area contributed by atoms with E-state index in [1.54, 1.807) is 12.0 Å². The predicted octanol–water partition coefficient (Wildman–Crippen LogP) is 2.85. The second-order valence-electron chi connectivity index (χ2n) is 6.37. The van der Waals surface area contributed by atoms with Crippen LogP contribution in [0.5, 0.6) is 0 Å². The van der Waals surface area contributed by atoms with Crippen LogP contribution < -0.4 is 10.2 Å². The van der Waals surface area contributed by atoms with E-state index in [4.69, 9.17) is 4.74 Å². The number of hydrogen-bond acceptors (Lipinski definition) is 3. The maximum atomic E-state index is 12.6. The summed E-state index contributed by atoms with van der Waals surface area (Å²) in [5.74, 6) is 0.120. The number of methoxy groups -OCH3 is 1. The van der Waals surface area contributed by atoms with Gasteiger partial charge >= 0.3 is 6.03 Å². The van der Waals surface area contributed by atoms with Crippen molar-refractivity contribution in [3.63, 3.8) is 0 Å². The molecule has 0 bridgehead atoms. The van der Waals surface area contributed by atoms with E-state index >= 15 is 0 Å². The molecule has 0 saturated carbocycles. The van der Waals surface area contributed by atoms with E-state index in [0.717, 1.165) is 37.9 Å². The lowest BCUT2D eigenvalue weighted by Gasteiger charge is -2.24. The molecule has 2 fully saturated rings. The number of rotatable bonds is 3. The van der Waals surface area contributed by atoms with Crippen LogP contribution >= 0.6 is 0 Å². The van der Waals surface area contributed by atoms with E-state index in [1.165, 1.54) is 0 Å². The number of ether oxygens (including phenoxy) is 1. The quantitative estimate of drug-likeness (QED) is 0.926. The highest BCUT2D eigenvalue weighted by molar-refractivity contribution is 6.01. The maximum Gasteiger partial charge on any atom is 0.321 e. The lowest BCUT2D eigenvalue weighted by molar-refractivity contribution is -0.117. The van der Waals surface area contributed by atoms with Crippen molar-refractivity contribution in [2.24, 2.45) is 0 Å². The summed E-state index contributed by atoms with van der Waals surface area (Å²) < 4.78 is 5.41. The summed E-state index contributed by atoms with van der Waals surface area (Å²) in [5.41, 5.74) is 1.49. The van der Waals surface area contributed by atoms with Gasteiger partial charge in [-0.3, -0.25) is 4.79 Å². The summed E-state index contributed by atoms with van der Waals surface area (Å²) in [6.07, 6.45) is 4.46. The number of carbonyl (C=O) groups excluding carboxylic acids is 2. The first-order valence-electron chi connectivity index (χ1n) is 8.67. The first-order chi connectivity index (χ1) is 11.7. The number of nitrogens with one attached hydrogen (secondary N) is 1. The standard InChI is InChI=1S/C18H25N3O3/c1-24-14-6-4-11-20(13-10-14)18(23)19-15-7-2-3-8-16(15)21-12-5-9-17(21)22/h2-3,7-8,14H,4-6,9-13H2,1H3,(H,19,23). The largest absolute Gasteiger partial charge is 0.381 e. The molecule has 2 saturated heterocycles. The maximum absolute atomic E-state index is 12.6. The van der Waals surface area contributed by atoms with Gasteiger partial charge in [0.05, 0.1) is 17.5 Å². The van der Waals surface area contributed by atoms with Crippen molar-refractivity contribution in [2.75, 3.05) is 37.0 Å². The van der Waals surface area contributed by atoms with Crippen molar-refractivity contribution in [2.45, 2.75) is 38.2 Å². The molecule has 3 amide bonds. The summed E-state index contributed by atoms with van der Waals surface area (Å²) in [7, 11) is 1.73. The minimum atomic E-state index is -0.106.